The van der Waals surface area contributed by atoms with Crippen LogP contribution in [-0.2, 0) is 13.1 Å². The molecule has 2 aromatic heterocycles. The van der Waals surface area contributed by atoms with Gasteiger partial charge in [-0.3, -0.25) is 9.55 Å². The van der Waals surface area contributed by atoms with Crippen LogP contribution in [-0.4, -0.2) is 14.5 Å². The van der Waals surface area contributed by atoms with E-state index in [1.165, 1.54) is 12.4 Å². The van der Waals surface area contributed by atoms with Crippen LogP contribution < -0.4 is 5.32 Å². The Hall–Kier alpha value is -1.82. The molecule has 0 aromatic carbocycles. The number of hydrogen-bond acceptors (Lipinski definition) is 3. The molecule has 2 rings (SSSR count). The zero-order valence-electron chi connectivity index (χ0n) is 9.98. The van der Waals surface area contributed by atoms with Gasteiger partial charge in [-0.15, -0.1) is 0 Å². The van der Waals surface area contributed by atoms with E-state index in [1.54, 1.807) is 6.20 Å². The molecule has 0 spiro atoms. The first-order chi connectivity index (χ1) is 8.66. The molecule has 2 aromatic rings. The van der Waals surface area contributed by atoms with Gasteiger partial charge in [0, 0.05) is 30.8 Å². The summed E-state index contributed by atoms with van der Waals surface area (Å²) in [5, 5.41) is 3.06. The van der Waals surface area contributed by atoms with E-state index >= 15 is 0 Å². The average Bonchev–Trinajstić information content (AvgIpc) is 2.80. The number of aromatic nitrogens is 3. The largest absolute Gasteiger partial charge is 0.319 e. The molecule has 0 atom stereocenters. The summed E-state index contributed by atoms with van der Waals surface area (Å²) in [6.07, 6.45) is 4.41. The van der Waals surface area contributed by atoms with Crippen molar-refractivity contribution in [2.75, 3.05) is 0 Å². The second-order valence-corrected chi connectivity index (χ2v) is 3.94. The van der Waals surface area contributed by atoms with Crippen molar-refractivity contribution < 1.29 is 8.78 Å². The molecule has 4 nitrogen and oxygen atoms in total. The number of aryl methyl sites for hydroxylation is 1. The summed E-state index contributed by atoms with van der Waals surface area (Å²) in [6.45, 7) is 0.232. The van der Waals surface area contributed by atoms with Gasteiger partial charge in [-0.1, -0.05) is 6.07 Å². The standard InChI is InChI=1S/C12H14F2N4/c1-9-2-3-10(7-17-9)6-15-8-11-16-4-5-18(11)12(13)14/h2-5,7,12,15H,6,8H2,1H3. The molecular formula is C12H14F2N4. The highest BCUT2D eigenvalue weighted by atomic mass is 19.3. The Bertz CT molecular complexity index is 493. The van der Waals surface area contributed by atoms with Crippen LogP contribution in [0, 0.1) is 6.92 Å². The van der Waals surface area contributed by atoms with Gasteiger partial charge in [-0.05, 0) is 18.6 Å². The molecule has 0 radical (unpaired) electrons. The molecule has 0 aliphatic rings. The maximum Gasteiger partial charge on any atom is 0.319 e. The number of nitrogens with one attached hydrogen (secondary N) is 1. The first-order valence-corrected chi connectivity index (χ1v) is 5.59. The van der Waals surface area contributed by atoms with Gasteiger partial charge in [0.1, 0.15) is 5.82 Å². The number of halogens is 2. The third-order valence-corrected chi connectivity index (χ3v) is 2.54. The van der Waals surface area contributed by atoms with Crippen molar-refractivity contribution in [1.29, 1.82) is 0 Å². The molecule has 0 fully saturated rings. The molecule has 0 bridgehead atoms. The fourth-order valence-electron chi connectivity index (χ4n) is 1.58. The Morgan fingerprint density at radius 3 is 2.78 bits per heavy atom. The average molecular weight is 252 g/mol. The number of alkyl halides is 2. The van der Waals surface area contributed by atoms with Gasteiger partial charge in [0.05, 0.1) is 6.54 Å². The van der Waals surface area contributed by atoms with Crippen molar-refractivity contribution in [2.24, 2.45) is 0 Å². The zero-order chi connectivity index (χ0) is 13.0. The molecule has 0 amide bonds. The van der Waals surface area contributed by atoms with Crippen molar-refractivity contribution in [2.45, 2.75) is 26.6 Å². The van der Waals surface area contributed by atoms with Gasteiger partial charge >= 0.3 is 6.55 Å². The maximum absolute atomic E-state index is 12.5. The van der Waals surface area contributed by atoms with E-state index in [4.69, 9.17) is 0 Å². The highest BCUT2D eigenvalue weighted by molar-refractivity contribution is 5.12. The summed E-state index contributed by atoms with van der Waals surface area (Å²) in [4.78, 5) is 8.05. The van der Waals surface area contributed by atoms with E-state index < -0.39 is 6.55 Å². The normalized spacial score (nSPS) is 11.1. The quantitative estimate of drug-likeness (QED) is 0.887. The number of rotatable bonds is 5. The molecule has 0 saturated heterocycles. The van der Waals surface area contributed by atoms with Crippen LogP contribution in [0.4, 0.5) is 8.78 Å². The molecule has 6 heteroatoms. The van der Waals surface area contributed by atoms with Crippen molar-refractivity contribution >= 4 is 0 Å². The Morgan fingerprint density at radius 1 is 1.28 bits per heavy atom. The number of imidazole rings is 1. The minimum atomic E-state index is -2.55. The molecule has 2 heterocycles. The third-order valence-electron chi connectivity index (χ3n) is 2.54. The lowest BCUT2D eigenvalue weighted by Gasteiger charge is -2.07. The van der Waals surface area contributed by atoms with Crippen molar-refractivity contribution in [3.05, 3.63) is 47.8 Å². The highest BCUT2D eigenvalue weighted by Crippen LogP contribution is 2.12. The summed E-state index contributed by atoms with van der Waals surface area (Å²) >= 11 is 0. The van der Waals surface area contributed by atoms with E-state index in [-0.39, 0.29) is 0 Å². The van der Waals surface area contributed by atoms with Crippen LogP contribution in [0.1, 0.15) is 23.6 Å². The predicted octanol–water partition coefficient (Wildman–Crippen LogP) is 2.27. The van der Waals surface area contributed by atoms with Crippen LogP contribution in [0.15, 0.2) is 30.7 Å². The van der Waals surface area contributed by atoms with E-state index in [0.29, 0.717) is 18.9 Å². The second kappa shape index (κ2) is 5.68. The third kappa shape index (κ3) is 3.10. The molecule has 0 aliphatic heterocycles. The number of hydrogen-bond donors (Lipinski definition) is 1. The van der Waals surface area contributed by atoms with E-state index in [0.717, 1.165) is 15.8 Å². The van der Waals surface area contributed by atoms with Gasteiger partial charge in [-0.25, -0.2) is 4.98 Å². The van der Waals surface area contributed by atoms with Gasteiger partial charge in [0.25, 0.3) is 0 Å². The Labute approximate surface area is 104 Å². The maximum atomic E-state index is 12.5. The molecule has 0 saturated carbocycles. The molecular weight excluding hydrogens is 238 g/mol. The minimum Gasteiger partial charge on any atom is -0.306 e. The fraction of sp³-hybridized carbons (Fsp3) is 0.333. The van der Waals surface area contributed by atoms with Crippen LogP contribution in [0.3, 0.4) is 0 Å². The summed E-state index contributed by atoms with van der Waals surface area (Å²) in [6, 6.07) is 3.87. The Kier molecular flexibility index (Phi) is 3.99. The summed E-state index contributed by atoms with van der Waals surface area (Å²) < 4.78 is 25.9. The minimum absolute atomic E-state index is 0.297. The number of nitrogens with zero attached hydrogens (tertiary/aromatic N) is 3. The SMILES string of the molecule is Cc1ccc(CNCc2nccn2C(F)F)cn1. The molecule has 96 valence electrons. The van der Waals surface area contributed by atoms with Gasteiger partial charge < -0.3 is 5.32 Å². The molecule has 18 heavy (non-hydrogen) atoms. The van der Waals surface area contributed by atoms with Crippen LogP contribution >= 0.6 is 0 Å². The monoisotopic (exact) mass is 252 g/mol. The smallest absolute Gasteiger partial charge is 0.306 e. The highest BCUT2D eigenvalue weighted by Gasteiger charge is 2.10. The molecule has 1 N–H and O–H groups in total. The van der Waals surface area contributed by atoms with Crippen LogP contribution in [0.25, 0.3) is 0 Å². The summed E-state index contributed by atoms with van der Waals surface area (Å²) in [5.41, 5.74) is 1.96. The first kappa shape index (κ1) is 12.6. The van der Waals surface area contributed by atoms with Gasteiger partial charge in [-0.2, -0.15) is 8.78 Å². The van der Waals surface area contributed by atoms with E-state index in [9.17, 15) is 8.78 Å². The second-order valence-electron chi connectivity index (χ2n) is 3.94. The zero-order valence-corrected chi connectivity index (χ0v) is 9.98. The molecule has 0 unspecified atom stereocenters. The lowest BCUT2D eigenvalue weighted by atomic mass is 10.2. The van der Waals surface area contributed by atoms with Gasteiger partial charge in [0.15, 0.2) is 0 Å². The van der Waals surface area contributed by atoms with Crippen molar-refractivity contribution in [3.63, 3.8) is 0 Å². The van der Waals surface area contributed by atoms with E-state index in [2.05, 4.69) is 15.3 Å². The fourth-order valence-corrected chi connectivity index (χ4v) is 1.58. The summed E-state index contributed by atoms with van der Waals surface area (Å²) in [5.74, 6) is 0.324. The Balaban J connectivity index is 1.88. The van der Waals surface area contributed by atoms with Crippen LogP contribution in [0.2, 0.25) is 0 Å². The van der Waals surface area contributed by atoms with E-state index in [1.807, 2.05) is 19.1 Å². The number of pyridine rings is 1. The topological polar surface area (TPSA) is 42.7 Å². The summed E-state index contributed by atoms with van der Waals surface area (Å²) in [7, 11) is 0. The first-order valence-electron chi connectivity index (χ1n) is 5.59. The van der Waals surface area contributed by atoms with Crippen molar-refractivity contribution in [1.82, 2.24) is 19.9 Å². The Morgan fingerprint density at radius 2 is 2.11 bits per heavy atom. The van der Waals surface area contributed by atoms with Crippen molar-refractivity contribution in [3.8, 4) is 0 Å². The lowest BCUT2D eigenvalue weighted by molar-refractivity contribution is 0.0666. The molecule has 0 aliphatic carbocycles. The van der Waals surface area contributed by atoms with Crippen LogP contribution in [0.5, 0.6) is 0 Å². The predicted molar refractivity (Wildman–Crippen MR) is 63.0 cm³/mol. The lowest BCUT2D eigenvalue weighted by Crippen LogP contribution is -2.17. The van der Waals surface area contributed by atoms with Gasteiger partial charge in [0.2, 0.25) is 0 Å².